The van der Waals surface area contributed by atoms with Gasteiger partial charge in [-0.25, -0.2) is 8.78 Å². The zero-order valence-electron chi connectivity index (χ0n) is 16.3. The summed E-state index contributed by atoms with van der Waals surface area (Å²) >= 11 is 6.31. The van der Waals surface area contributed by atoms with Crippen molar-refractivity contribution in [1.29, 1.82) is 0 Å². The van der Waals surface area contributed by atoms with E-state index in [-0.39, 0.29) is 17.5 Å². The van der Waals surface area contributed by atoms with Gasteiger partial charge in [0.2, 0.25) is 0 Å². The number of benzene rings is 2. The predicted octanol–water partition coefficient (Wildman–Crippen LogP) is 6.84. The van der Waals surface area contributed by atoms with E-state index in [0.717, 1.165) is 24.1 Å². The summed E-state index contributed by atoms with van der Waals surface area (Å²) in [6.07, 6.45) is -14.8. The molecule has 0 saturated carbocycles. The Morgan fingerprint density at radius 1 is 0.968 bits per heavy atom. The van der Waals surface area contributed by atoms with E-state index >= 15 is 0 Å². The van der Waals surface area contributed by atoms with Crippen molar-refractivity contribution in [2.75, 3.05) is 0 Å². The van der Waals surface area contributed by atoms with Crippen molar-refractivity contribution >= 4 is 11.6 Å². The molecule has 0 heterocycles. The molecule has 0 saturated heterocycles. The van der Waals surface area contributed by atoms with Gasteiger partial charge in [-0.15, -0.1) is 11.6 Å². The highest BCUT2D eigenvalue weighted by molar-refractivity contribution is 6.21. The van der Waals surface area contributed by atoms with Gasteiger partial charge in [0, 0.05) is 0 Å². The van der Waals surface area contributed by atoms with E-state index in [1.165, 1.54) is 0 Å². The number of halogens is 8. The van der Waals surface area contributed by atoms with Crippen LogP contribution in [-0.2, 0) is 17.8 Å². The van der Waals surface area contributed by atoms with Gasteiger partial charge in [0.1, 0.15) is 0 Å². The molecule has 0 aromatic heterocycles. The molecule has 0 aliphatic carbocycles. The van der Waals surface area contributed by atoms with E-state index in [2.05, 4.69) is 4.74 Å². The maximum Gasteiger partial charge on any atom is 0.439 e. The third-order valence-corrected chi connectivity index (χ3v) is 4.97. The van der Waals surface area contributed by atoms with Gasteiger partial charge in [0.15, 0.2) is 11.6 Å². The van der Waals surface area contributed by atoms with E-state index in [1.807, 2.05) is 30.3 Å². The highest BCUT2D eigenvalue weighted by Gasteiger charge is 2.59. The lowest BCUT2D eigenvalue weighted by Gasteiger charge is -2.23. The van der Waals surface area contributed by atoms with E-state index < -0.39 is 36.1 Å². The quantitative estimate of drug-likeness (QED) is 0.278. The molecule has 2 nitrogen and oxygen atoms in total. The number of hydrogen-bond donors (Lipinski definition) is 0. The average molecular weight is 473 g/mol. The van der Waals surface area contributed by atoms with E-state index in [0.29, 0.717) is 12.5 Å². The molecule has 0 aliphatic rings. The molecule has 10 heteroatoms. The summed E-state index contributed by atoms with van der Waals surface area (Å²) in [5, 5.41) is -0.352. The first kappa shape index (κ1) is 25.3. The highest BCUT2D eigenvalue weighted by atomic mass is 35.5. The second-order valence-corrected chi connectivity index (χ2v) is 7.45. The Bertz CT molecular complexity index is 830. The van der Waals surface area contributed by atoms with Gasteiger partial charge in [0.05, 0.1) is 18.1 Å². The fourth-order valence-corrected chi connectivity index (χ4v) is 2.80. The lowest BCUT2D eigenvalue weighted by atomic mass is 10.1. The Labute approximate surface area is 179 Å². The Kier molecular flexibility index (Phi) is 8.59. The molecule has 172 valence electrons. The molecule has 0 radical (unpaired) electrons. The molecule has 3 atom stereocenters. The summed E-state index contributed by atoms with van der Waals surface area (Å²) in [6, 6.07) is 12.2. The second kappa shape index (κ2) is 10.5. The first-order valence-electron chi connectivity index (χ1n) is 9.26. The Morgan fingerprint density at radius 3 is 2.19 bits per heavy atom. The van der Waals surface area contributed by atoms with Gasteiger partial charge < -0.3 is 9.47 Å². The third kappa shape index (κ3) is 7.57. The smallest absolute Gasteiger partial charge is 0.427 e. The lowest BCUT2D eigenvalue weighted by molar-refractivity contribution is -0.305. The fourth-order valence-electron chi connectivity index (χ4n) is 2.62. The summed E-state index contributed by atoms with van der Waals surface area (Å²) in [7, 11) is 0. The maximum atomic E-state index is 14.0. The minimum atomic E-state index is -5.86. The summed E-state index contributed by atoms with van der Waals surface area (Å²) in [4.78, 5) is 0. The van der Waals surface area contributed by atoms with Crippen molar-refractivity contribution < 1.29 is 40.2 Å². The lowest BCUT2D eigenvalue weighted by Crippen LogP contribution is -2.45. The third-order valence-electron chi connectivity index (χ3n) is 4.40. The normalized spacial score (nSPS) is 15.4. The molecule has 2 aromatic carbocycles. The molecule has 2 rings (SSSR count). The van der Waals surface area contributed by atoms with Crippen LogP contribution in [0.5, 0.6) is 5.75 Å². The largest absolute Gasteiger partial charge is 0.439 e. The Hall–Kier alpha value is -2.00. The van der Waals surface area contributed by atoms with Crippen LogP contribution in [0.3, 0.4) is 0 Å². The van der Waals surface area contributed by atoms with Crippen molar-refractivity contribution in [2.24, 2.45) is 0 Å². The molecule has 0 N–H and O–H groups in total. The average Bonchev–Trinajstić information content (AvgIpc) is 2.71. The highest BCUT2D eigenvalue weighted by Crippen LogP contribution is 2.37. The Balaban J connectivity index is 1.90. The van der Waals surface area contributed by atoms with Gasteiger partial charge in [-0.3, -0.25) is 0 Å². The summed E-state index contributed by atoms with van der Waals surface area (Å²) < 4.78 is 99.1. The molecular formula is C21H20ClF7O2. The topological polar surface area (TPSA) is 18.5 Å². The summed E-state index contributed by atoms with van der Waals surface area (Å²) in [6.45, 7) is 1.59. The second-order valence-electron chi connectivity index (χ2n) is 6.89. The zero-order valence-corrected chi connectivity index (χ0v) is 17.1. The van der Waals surface area contributed by atoms with E-state index in [4.69, 9.17) is 16.3 Å². The molecule has 0 aliphatic heterocycles. The monoisotopic (exact) mass is 472 g/mol. The summed E-state index contributed by atoms with van der Waals surface area (Å²) in [5.41, 5.74) is 1.32. The van der Waals surface area contributed by atoms with Gasteiger partial charge in [-0.2, -0.15) is 22.0 Å². The minimum absolute atomic E-state index is 0.127. The van der Waals surface area contributed by atoms with Gasteiger partial charge in [-0.05, 0) is 43.0 Å². The van der Waals surface area contributed by atoms with E-state index in [1.54, 1.807) is 6.92 Å². The van der Waals surface area contributed by atoms with Crippen LogP contribution in [0.2, 0.25) is 0 Å². The van der Waals surface area contributed by atoms with Gasteiger partial charge in [0.25, 0.3) is 6.17 Å². The zero-order chi connectivity index (χ0) is 23.2. The first-order chi connectivity index (χ1) is 14.4. The predicted molar refractivity (Wildman–Crippen MR) is 102 cm³/mol. The minimum Gasteiger partial charge on any atom is -0.427 e. The van der Waals surface area contributed by atoms with Crippen molar-refractivity contribution in [1.82, 2.24) is 0 Å². The van der Waals surface area contributed by atoms with Crippen LogP contribution in [0.4, 0.5) is 30.7 Å². The van der Waals surface area contributed by atoms with Crippen molar-refractivity contribution in [3.8, 4) is 5.75 Å². The van der Waals surface area contributed by atoms with Crippen LogP contribution in [-0.4, -0.2) is 29.9 Å². The molecule has 0 bridgehead atoms. The molecule has 0 amide bonds. The summed E-state index contributed by atoms with van der Waals surface area (Å²) in [5.74, 6) is -2.60. The van der Waals surface area contributed by atoms with Crippen molar-refractivity contribution in [2.45, 2.75) is 56.3 Å². The van der Waals surface area contributed by atoms with Crippen LogP contribution in [0, 0.1) is 5.82 Å². The van der Waals surface area contributed by atoms with Crippen LogP contribution in [0.15, 0.2) is 48.5 Å². The number of alkyl halides is 7. The molecule has 3 unspecified atom stereocenters. The molecule has 31 heavy (non-hydrogen) atoms. The number of hydrogen-bond acceptors (Lipinski definition) is 2. The molecule has 0 spiro atoms. The van der Waals surface area contributed by atoms with Crippen LogP contribution in [0.1, 0.15) is 24.5 Å². The van der Waals surface area contributed by atoms with Gasteiger partial charge >= 0.3 is 12.3 Å². The van der Waals surface area contributed by atoms with Crippen LogP contribution in [0.25, 0.3) is 0 Å². The fraction of sp³-hybridized carbons (Fsp3) is 0.429. The molecule has 2 aromatic rings. The van der Waals surface area contributed by atoms with Gasteiger partial charge in [-0.1, -0.05) is 36.4 Å². The van der Waals surface area contributed by atoms with Crippen LogP contribution < -0.4 is 4.74 Å². The number of aryl methyl sites for hydroxylation is 1. The Morgan fingerprint density at radius 2 is 1.61 bits per heavy atom. The SMILES string of the molecule is CC(OCc1ccc(OC(F)(F)C(F)C(F)(F)F)c(F)c1)C(Cl)CCc1ccccc1. The molecular weight excluding hydrogens is 453 g/mol. The standard InChI is InChI=1S/C21H20ClF7O2/c1-13(16(22)9-7-14-5-3-2-4-6-14)30-12-15-8-10-18(17(23)11-15)31-21(28,29)19(24)20(25,26)27/h2-6,8,10-11,13,16,19H,7,9,12H2,1H3. The molecule has 0 fully saturated rings. The first-order valence-corrected chi connectivity index (χ1v) is 9.69. The van der Waals surface area contributed by atoms with Crippen molar-refractivity contribution in [3.63, 3.8) is 0 Å². The van der Waals surface area contributed by atoms with Crippen molar-refractivity contribution in [3.05, 3.63) is 65.5 Å². The maximum absolute atomic E-state index is 14.0. The number of rotatable bonds is 10. The van der Waals surface area contributed by atoms with E-state index in [9.17, 15) is 30.7 Å². The number of ether oxygens (including phenoxy) is 2. The van der Waals surface area contributed by atoms with Crippen LogP contribution >= 0.6 is 11.6 Å².